The Bertz CT molecular complexity index is 925. The van der Waals surface area contributed by atoms with Gasteiger partial charge < -0.3 is 23.7 Å². The van der Waals surface area contributed by atoms with Gasteiger partial charge in [-0.15, -0.1) is 0 Å². The number of hydrogen-bond donors (Lipinski definition) is 0. The van der Waals surface area contributed by atoms with E-state index in [1.807, 2.05) is 0 Å². The van der Waals surface area contributed by atoms with E-state index in [-0.39, 0.29) is 50.3 Å². The van der Waals surface area contributed by atoms with Gasteiger partial charge in [-0.25, -0.2) is 0 Å². The number of carbonyl (C=O) groups is 4. The van der Waals surface area contributed by atoms with Gasteiger partial charge in [-0.1, -0.05) is 0 Å². The maximum Gasteiger partial charge on any atom is 0.312 e. The Kier molecular flexibility index (Phi) is 6.75. The van der Waals surface area contributed by atoms with Gasteiger partial charge in [0.1, 0.15) is 13.2 Å². The molecule has 8 saturated carbocycles. The normalized spacial score (nSPS) is 42.7. The molecule has 0 aliphatic heterocycles. The Hall–Kier alpha value is -2.16. The first-order valence-electron chi connectivity index (χ1n) is 14.7. The third-order valence-corrected chi connectivity index (χ3v) is 11.1. The molecule has 0 aromatic rings. The van der Waals surface area contributed by atoms with Crippen molar-refractivity contribution in [3.05, 3.63) is 0 Å². The molecule has 8 bridgehead atoms. The van der Waals surface area contributed by atoms with Crippen molar-refractivity contribution in [1.82, 2.24) is 0 Å². The lowest BCUT2D eigenvalue weighted by molar-refractivity contribution is -0.193. The molecule has 0 aromatic carbocycles. The first kappa shape index (κ1) is 27.0. The summed E-state index contributed by atoms with van der Waals surface area (Å²) >= 11 is 0. The summed E-state index contributed by atoms with van der Waals surface area (Å²) < 4.78 is 27.2. The van der Waals surface area contributed by atoms with Crippen molar-refractivity contribution >= 4 is 23.9 Å². The zero-order valence-corrected chi connectivity index (χ0v) is 23.3. The highest BCUT2D eigenvalue weighted by Crippen LogP contribution is 2.67. The third kappa shape index (κ3) is 4.47. The van der Waals surface area contributed by atoms with Gasteiger partial charge in [-0.05, 0) is 101 Å². The molecule has 9 heteroatoms. The van der Waals surface area contributed by atoms with Crippen molar-refractivity contribution in [1.29, 1.82) is 0 Å². The van der Waals surface area contributed by atoms with Crippen LogP contribution in [0.25, 0.3) is 0 Å². The van der Waals surface area contributed by atoms with Crippen LogP contribution in [0.1, 0.15) is 77.0 Å². The van der Waals surface area contributed by atoms with E-state index in [0.29, 0.717) is 36.5 Å². The van der Waals surface area contributed by atoms with Crippen LogP contribution in [0.2, 0.25) is 0 Å². The zero-order valence-electron chi connectivity index (χ0n) is 23.3. The molecule has 0 aromatic heterocycles. The molecule has 216 valence electrons. The second-order valence-electron chi connectivity index (χ2n) is 13.9. The fraction of sp³-hybridized carbons (Fsp3) is 0.867. The van der Waals surface area contributed by atoms with Crippen molar-refractivity contribution in [2.24, 2.45) is 45.3 Å². The van der Waals surface area contributed by atoms with Gasteiger partial charge in [0.25, 0.3) is 0 Å². The largest absolute Gasteiger partial charge is 0.469 e. The first-order valence-corrected chi connectivity index (χ1v) is 14.7. The summed E-state index contributed by atoms with van der Waals surface area (Å²) in [4.78, 5) is 51.6. The molecule has 0 heterocycles. The summed E-state index contributed by atoms with van der Waals surface area (Å²) in [6.07, 6.45) is 9.65. The predicted molar refractivity (Wildman–Crippen MR) is 136 cm³/mol. The van der Waals surface area contributed by atoms with E-state index in [9.17, 15) is 19.2 Å². The molecule has 0 amide bonds. The molecular weight excluding hydrogens is 504 g/mol. The first-order chi connectivity index (χ1) is 18.7. The molecule has 8 rings (SSSR count). The number of methoxy groups -OCH3 is 2. The van der Waals surface area contributed by atoms with Crippen LogP contribution >= 0.6 is 0 Å². The highest BCUT2D eigenvalue weighted by atomic mass is 16.6. The fourth-order valence-electron chi connectivity index (χ4n) is 10.7. The van der Waals surface area contributed by atoms with Crippen LogP contribution in [0.15, 0.2) is 0 Å². The van der Waals surface area contributed by atoms with Gasteiger partial charge in [-0.3, -0.25) is 19.2 Å². The molecule has 0 N–H and O–H groups in total. The van der Waals surface area contributed by atoms with Gasteiger partial charge in [0.15, 0.2) is 0 Å². The van der Waals surface area contributed by atoms with Crippen LogP contribution in [0.4, 0.5) is 0 Å². The third-order valence-electron chi connectivity index (χ3n) is 11.1. The van der Waals surface area contributed by atoms with Crippen LogP contribution in [0, 0.1) is 45.3 Å². The SMILES string of the molecule is COC(=O)C12CC3CC(C1)CC(C(=O)OCCOCCOC(=O)C14CC5CC(CC(C(=O)OC)(C5)C1)C4)(C3)C2. The summed E-state index contributed by atoms with van der Waals surface area (Å²) in [5, 5.41) is 0. The topological polar surface area (TPSA) is 114 Å². The van der Waals surface area contributed by atoms with Crippen LogP contribution in [0.3, 0.4) is 0 Å². The summed E-state index contributed by atoms with van der Waals surface area (Å²) in [5.74, 6) is 0.699. The molecule has 0 spiro atoms. The molecule has 0 radical (unpaired) electrons. The Morgan fingerprint density at radius 2 is 0.821 bits per heavy atom. The lowest BCUT2D eigenvalue weighted by atomic mass is 9.44. The maximum atomic E-state index is 13.2. The molecule has 8 fully saturated rings. The van der Waals surface area contributed by atoms with Crippen molar-refractivity contribution in [3.63, 3.8) is 0 Å². The number of hydrogen-bond acceptors (Lipinski definition) is 9. The van der Waals surface area contributed by atoms with Gasteiger partial charge in [0.2, 0.25) is 0 Å². The van der Waals surface area contributed by atoms with E-state index in [0.717, 1.165) is 64.2 Å². The quantitative estimate of drug-likeness (QED) is 0.230. The Morgan fingerprint density at radius 1 is 0.513 bits per heavy atom. The maximum absolute atomic E-state index is 13.2. The molecular formula is C30H42O9. The van der Waals surface area contributed by atoms with Crippen molar-refractivity contribution in [2.45, 2.75) is 77.0 Å². The van der Waals surface area contributed by atoms with Gasteiger partial charge in [0, 0.05) is 0 Å². The minimum absolute atomic E-state index is 0.129. The van der Waals surface area contributed by atoms with Crippen molar-refractivity contribution < 1.29 is 42.9 Å². The summed E-state index contributed by atoms with van der Waals surface area (Å²) in [6, 6.07) is 0. The average molecular weight is 547 g/mol. The standard InChI is InChI=1S/C30H42O9/c1-35-23(31)27-9-19-7-20(10-27)14-29(13-19,17-27)25(33)38-5-3-37-4-6-39-26(34)30-15-21-8-22(16-30)12-28(11-21,18-30)24(32)36-2/h19-22H,3-18H2,1-2H3. The lowest BCUT2D eigenvalue weighted by Crippen LogP contribution is -2.58. The highest BCUT2D eigenvalue weighted by molar-refractivity contribution is 5.83. The van der Waals surface area contributed by atoms with E-state index in [4.69, 9.17) is 23.7 Å². The van der Waals surface area contributed by atoms with Gasteiger partial charge in [0.05, 0.1) is 49.1 Å². The van der Waals surface area contributed by atoms with E-state index in [1.54, 1.807) is 0 Å². The van der Waals surface area contributed by atoms with Crippen molar-refractivity contribution in [3.8, 4) is 0 Å². The zero-order chi connectivity index (χ0) is 27.5. The Morgan fingerprint density at radius 3 is 1.13 bits per heavy atom. The lowest BCUT2D eigenvalue weighted by Gasteiger charge is -2.59. The van der Waals surface area contributed by atoms with Crippen LogP contribution in [-0.2, 0) is 42.9 Å². The molecule has 39 heavy (non-hydrogen) atoms. The van der Waals surface area contributed by atoms with E-state index >= 15 is 0 Å². The monoisotopic (exact) mass is 546 g/mol. The molecule has 8 aliphatic rings. The van der Waals surface area contributed by atoms with Gasteiger partial charge >= 0.3 is 23.9 Å². The van der Waals surface area contributed by atoms with E-state index < -0.39 is 21.7 Å². The van der Waals surface area contributed by atoms with Gasteiger partial charge in [-0.2, -0.15) is 0 Å². The summed E-state index contributed by atoms with van der Waals surface area (Å²) in [7, 11) is 2.87. The summed E-state index contributed by atoms with van der Waals surface area (Å²) in [5.41, 5.74) is -2.25. The van der Waals surface area contributed by atoms with Crippen LogP contribution in [-0.4, -0.2) is 64.5 Å². The Labute approximate surface area is 230 Å². The molecule has 4 unspecified atom stereocenters. The second kappa shape index (κ2) is 9.74. The van der Waals surface area contributed by atoms with Crippen LogP contribution < -0.4 is 0 Å². The molecule has 8 aliphatic carbocycles. The molecule has 9 nitrogen and oxygen atoms in total. The predicted octanol–water partition coefficient (Wildman–Crippen LogP) is 3.61. The van der Waals surface area contributed by atoms with Crippen molar-refractivity contribution in [2.75, 3.05) is 40.6 Å². The molecule has 0 saturated heterocycles. The average Bonchev–Trinajstić information content (AvgIpc) is 2.89. The molecule has 4 atom stereocenters. The highest BCUT2D eigenvalue weighted by Gasteiger charge is 2.65. The fourth-order valence-corrected chi connectivity index (χ4v) is 10.7. The van der Waals surface area contributed by atoms with Crippen LogP contribution in [0.5, 0.6) is 0 Å². The number of rotatable bonds is 10. The second-order valence-corrected chi connectivity index (χ2v) is 13.9. The minimum Gasteiger partial charge on any atom is -0.469 e. The summed E-state index contributed by atoms with van der Waals surface area (Å²) in [6.45, 7) is 0.693. The minimum atomic E-state index is -0.590. The number of ether oxygens (including phenoxy) is 5. The van der Waals surface area contributed by atoms with E-state index in [1.165, 1.54) is 14.2 Å². The smallest absolute Gasteiger partial charge is 0.312 e. The Balaban J connectivity index is 0.943. The number of carbonyl (C=O) groups excluding carboxylic acids is 4. The number of esters is 4. The van der Waals surface area contributed by atoms with E-state index in [2.05, 4.69) is 0 Å².